The van der Waals surface area contributed by atoms with E-state index in [1.165, 1.54) is 48.8 Å². The number of aromatic amines is 1. The molecule has 1 N–H and O–H groups in total. The van der Waals surface area contributed by atoms with Crippen molar-refractivity contribution in [3.63, 3.8) is 0 Å². The fourth-order valence-corrected chi connectivity index (χ4v) is 6.83. The third kappa shape index (κ3) is 4.56. The van der Waals surface area contributed by atoms with Crippen molar-refractivity contribution in [2.45, 2.75) is 103 Å². The first-order valence-electron chi connectivity index (χ1n) is 14.8. The Morgan fingerprint density at radius 3 is 1.95 bits per heavy atom. The molecule has 3 fully saturated rings. The van der Waals surface area contributed by atoms with Crippen molar-refractivity contribution in [3.8, 4) is 12.3 Å². The highest BCUT2D eigenvalue weighted by Gasteiger charge is 2.34. The molecule has 3 saturated carbocycles. The van der Waals surface area contributed by atoms with Crippen LogP contribution in [0.1, 0.15) is 146 Å². The van der Waals surface area contributed by atoms with Gasteiger partial charge in [0.1, 0.15) is 0 Å². The molecule has 2 aromatic carbocycles. The lowest BCUT2D eigenvalue weighted by Gasteiger charge is -2.37. The van der Waals surface area contributed by atoms with Crippen LogP contribution in [0.5, 0.6) is 0 Å². The number of aromatic nitrogens is 3. The molecule has 0 atom stereocenters. The Balaban J connectivity index is 1.37. The zero-order valence-corrected chi connectivity index (χ0v) is 23.7. The van der Waals surface area contributed by atoms with Gasteiger partial charge in [0.2, 0.25) is 0 Å². The maximum atomic E-state index is 13.7. The summed E-state index contributed by atoms with van der Waals surface area (Å²) in [5.41, 5.74) is 10.2. The Morgan fingerprint density at radius 1 is 0.850 bits per heavy atom. The molecular formula is C34H37N3O3. The lowest BCUT2D eigenvalue weighted by Crippen LogP contribution is -2.23. The van der Waals surface area contributed by atoms with E-state index in [-0.39, 0.29) is 0 Å². The Bertz CT molecular complexity index is 1520. The number of ether oxygens (including phenoxy) is 1. The van der Waals surface area contributed by atoms with Gasteiger partial charge in [0.15, 0.2) is 0 Å². The second-order valence-electron chi connectivity index (χ2n) is 12.0. The zero-order valence-electron chi connectivity index (χ0n) is 23.7. The van der Waals surface area contributed by atoms with Crippen LogP contribution < -0.4 is 0 Å². The fourth-order valence-electron chi connectivity index (χ4n) is 6.83. The molecule has 6 nitrogen and oxygen atoms in total. The standard InChI is InChI=1S/C34H37N3O3/c1-5-22-16-28(19(2)20(3)30(22)23-9-6-10-23)33(38)40-34(39)29-17-26(15-27-18-35-37-36-27)32(25-13-8-14-25)31(21(29)4)24-11-7-12-24/h1,16-18,23-25H,6-15H2,2-4H3,(H,35,36,37). The summed E-state index contributed by atoms with van der Waals surface area (Å²) in [6.45, 7) is 5.96. The van der Waals surface area contributed by atoms with Gasteiger partial charge in [-0.05, 0) is 128 Å². The number of nitrogens with one attached hydrogen (secondary N) is 1. The maximum Gasteiger partial charge on any atom is 0.346 e. The molecule has 6 rings (SSSR count). The maximum absolute atomic E-state index is 13.7. The second kappa shape index (κ2) is 10.7. The van der Waals surface area contributed by atoms with E-state index in [1.807, 2.05) is 26.8 Å². The number of hydrogen-bond donors (Lipinski definition) is 1. The number of esters is 2. The van der Waals surface area contributed by atoms with Crippen molar-refractivity contribution in [2.75, 3.05) is 0 Å². The molecule has 0 saturated heterocycles. The van der Waals surface area contributed by atoms with Gasteiger partial charge in [-0.2, -0.15) is 15.4 Å². The minimum absolute atomic E-state index is 0.368. The van der Waals surface area contributed by atoms with Gasteiger partial charge < -0.3 is 4.74 Å². The van der Waals surface area contributed by atoms with E-state index in [0.29, 0.717) is 35.3 Å². The molecule has 3 aromatic rings. The molecule has 206 valence electrons. The summed E-state index contributed by atoms with van der Waals surface area (Å²) in [4.78, 5) is 27.2. The molecule has 1 heterocycles. The number of rotatable bonds is 7. The van der Waals surface area contributed by atoms with Crippen LogP contribution in [-0.2, 0) is 11.2 Å². The van der Waals surface area contributed by atoms with Crippen molar-refractivity contribution in [1.82, 2.24) is 15.4 Å². The topological polar surface area (TPSA) is 84.9 Å². The van der Waals surface area contributed by atoms with Gasteiger partial charge in [-0.25, -0.2) is 9.59 Å². The molecular weight excluding hydrogens is 498 g/mol. The number of hydrogen-bond acceptors (Lipinski definition) is 5. The highest BCUT2D eigenvalue weighted by molar-refractivity contribution is 6.04. The third-order valence-electron chi connectivity index (χ3n) is 9.87. The van der Waals surface area contributed by atoms with Crippen molar-refractivity contribution in [1.29, 1.82) is 0 Å². The lowest BCUT2D eigenvalue weighted by molar-refractivity contribution is 0.0396. The minimum atomic E-state index is -0.645. The summed E-state index contributed by atoms with van der Waals surface area (Å²) in [6.07, 6.45) is 18.7. The Hall–Kier alpha value is -3.72. The monoisotopic (exact) mass is 535 g/mol. The number of carbonyl (C=O) groups is 2. The number of terminal acetylenes is 1. The largest absolute Gasteiger partial charge is 0.386 e. The molecule has 0 spiro atoms. The third-order valence-corrected chi connectivity index (χ3v) is 9.87. The van der Waals surface area contributed by atoms with E-state index in [4.69, 9.17) is 11.2 Å². The van der Waals surface area contributed by atoms with Gasteiger partial charge in [-0.1, -0.05) is 25.2 Å². The van der Waals surface area contributed by atoms with Gasteiger partial charge in [-0.15, -0.1) is 6.42 Å². The van der Waals surface area contributed by atoms with E-state index in [0.717, 1.165) is 59.2 Å². The average molecular weight is 536 g/mol. The Morgan fingerprint density at radius 2 is 1.43 bits per heavy atom. The summed E-state index contributed by atoms with van der Waals surface area (Å²) in [5.74, 6) is 2.93. The molecule has 0 aliphatic heterocycles. The smallest absolute Gasteiger partial charge is 0.346 e. The van der Waals surface area contributed by atoms with E-state index in [9.17, 15) is 9.59 Å². The highest BCUT2D eigenvalue weighted by Crippen LogP contribution is 2.49. The fraction of sp³-hybridized carbons (Fsp3) is 0.471. The number of carbonyl (C=O) groups excluding carboxylic acids is 2. The number of benzene rings is 2. The van der Waals surface area contributed by atoms with Crippen molar-refractivity contribution in [2.24, 2.45) is 0 Å². The van der Waals surface area contributed by atoms with Gasteiger partial charge in [0.25, 0.3) is 0 Å². The van der Waals surface area contributed by atoms with Crippen LogP contribution >= 0.6 is 0 Å². The van der Waals surface area contributed by atoms with Crippen LogP contribution in [0.4, 0.5) is 0 Å². The lowest BCUT2D eigenvalue weighted by atomic mass is 9.68. The van der Waals surface area contributed by atoms with Crippen LogP contribution in [0.15, 0.2) is 18.3 Å². The molecule has 0 amide bonds. The van der Waals surface area contributed by atoms with Crippen LogP contribution in [0.25, 0.3) is 0 Å². The Kier molecular flexibility index (Phi) is 7.08. The molecule has 3 aliphatic carbocycles. The first-order valence-corrected chi connectivity index (χ1v) is 14.8. The first kappa shape index (κ1) is 26.5. The molecule has 1 aromatic heterocycles. The zero-order chi connectivity index (χ0) is 28.0. The predicted octanol–water partition coefficient (Wildman–Crippen LogP) is 7.10. The highest BCUT2D eigenvalue weighted by atomic mass is 16.6. The van der Waals surface area contributed by atoms with Gasteiger partial charge >= 0.3 is 11.9 Å². The van der Waals surface area contributed by atoms with Crippen molar-refractivity contribution in [3.05, 3.63) is 79.7 Å². The van der Waals surface area contributed by atoms with Crippen molar-refractivity contribution < 1.29 is 14.3 Å². The SMILES string of the molecule is C#Cc1cc(C(=O)OC(=O)c2cc(Cc3cn[nH]n3)c(C3CCC3)c(C3CCC3)c2C)c(C)c(C)c1C1CCC1. The van der Waals surface area contributed by atoms with E-state index in [1.54, 1.807) is 12.3 Å². The van der Waals surface area contributed by atoms with Gasteiger partial charge in [-0.3, -0.25) is 0 Å². The summed E-state index contributed by atoms with van der Waals surface area (Å²) in [6, 6.07) is 3.69. The molecule has 0 radical (unpaired) electrons. The number of H-pyrrole nitrogens is 1. The molecule has 0 unspecified atom stereocenters. The van der Waals surface area contributed by atoms with Crippen LogP contribution in [0.2, 0.25) is 0 Å². The molecule has 3 aliphatic rings. The van der Waals surface area contributed by atoms with Crippen LogP contribution in [0, 0.1) is 33.1 Å². The van der Waals surface area contributed by atoms with Gasteiger partial charge in [0, 0.05) is 12.0 Å². The molecule has 6 heteroatoms. The van der Waals surface area contributed by atoms with Crippen LogP contribution in [0.3, 0.4) is 0 Å². The van der Waals surface area contributed by atoms with Crippen LogP contribution in [-0.4, -0.2) is 27.3 Å². The summed E-state index contributed by atoms with van der Waals surface area (Å²) < 4.78 is 5.62. The summed E-state index contributed by atoms with van der Waals surface area (Å²) >= 11 is 0. The first-order chi connectivity index (χ1) is 19.4. The quantitative estimate of drug-likeness (QED) is 0.198. The number of nitrogens with zero attached hydrogens (tertiary/aromatic N) is 2. The van der Waals surface area contributed by atoms with E-state index < -0.39 is 11.9 Å². The second-order valence-corrected chi connectivity index (χ2v) is 12.0. The summed E-state index contributed by atoms with van der Waals surface area (Å²) in [7, 11) is 0. The minimum Gasteiger partial charge on any atom is -0.386 e. The molecule has 40 heavy (non-hydrogen) atoms. The Labute approximate surface area is 236 Å². The molecule has 0 bridgehead atoms. The van der Waals surface area contributed by atoms with E-state index in [2.05, 4.69) is 21.3 Å². The van der Waals surface area contributed by atoms with Gasteiger partial charge in [0.05, 0.1) is 23.0 Å². The van der Waals surface area contributed by atoms with Crippen molar-refractivity contribution >= 4 is 11.9 Å². The van der Waals surface area contributed by atoms with E-state index >= 15 is 0 Å². The normalized spacial score (nSPS) is 17.4. The predicted molar refractivity (Wildman–Crippen MR) is 154 cm³/mol. The average Bonchev–Trinajstić information content (AvgIpc) is 3.35. The summed E-state index contributed by atoms with van der Waals surface area (Å²) in [5, 5.41) is 11.0.